The molecule has 0 spiro atoms. The molecule has 1 saturated carbocycles. The van der Waals surface area contributed by atoms with Gasteiger partial charge >= 0.3 is 0 Å². The lowest BCUT2D eigenvalue weighted by Gasteiger charge is -2.17. The van der Waals surface area contributed by atoms with Crippen molar-refractivity contribution in [3.63, 3.8) is 0 Å². The van der Waals surface area contributed by atoms with Crippen LogP contribution in [0.2, 0.25) is 0 Å². The van der Waals surface area contributed by atoms with Gasteiger partial charge in [-0.25, -0.2) is 0 Å². The number of nitrogens with zero attached hydrogens (tertiary/aromatic N) is 1. The number of ether oxygens (including phenoxy) is 1. The summed E-state index contributed by atoms with van der Waals surface area (Å²) in [6.07, 6.45) is 1.98. The maximum atomic E-state index is 12.7. The standard InChI is InChI=1S/C23H29NO2/c1-3-24(4-2)15-8-16-26-20-13-11-19(12-14-20)23(25)22-17-21(22)18-9-6-5-7-10-18/h5-7,9-14,21-22H,3-4,8,15-17H2,1-2H3/t21-,22+/m0/s1. The summed E-state index contributed by atoms with van der Waals surface area (Å²) >= 11 is 0. The topological polar surface area (TPSA) is 29.5 Å². The summed E-state index contributed by atoms with van der Waals surface area (Å²) in [5, 5.41) is 0. The third-order valence-corrected chi connectivity index (χ3v) is 5.28. The number of carbonyl (C=O) groups is 1. The minimum absolute atomic E-state index is 0.137. The highest BCUT2D eigenvalue weighted by Crippen LogP contribution is 2.49. The van der Waals surface area contributed by atoms with Gasteiger partial charge < -0.3 is 9.64 Å². The van der Waals surface area contributed by atoms with Gasteiger partial charge in [0, 0.05) is 18.0 Å². The summed E-state index contributed by atoms with van der Waals surface area (Å²) in [5.74, 6) is 1.63. The molecule has 0 aliphatic heterocycles. The smallest absolute Gasteiger partial charge is 0.166 e. The lowest BCUT2D eigenvalue weighted by Crippen LogP contribution is -2.25. The van der Waals surface area contributed by atoms with Gasteiger partial charge in [-0.15, -0.1) is 0 Å². The van der Waals surface area contributed by atoms with Crippen molar-refractivity contribution < 1.29 is 9.53 Å². The zero-order valence-electron chi connectivity index (χ0n) is 15.9. The molecule has 3 nitrogen and oxygen atoms in total. The van der Waals surface area contributed by atoms with E-state index in [1.54, 1.807) is 0 Å². The summed E-state index contributed by atoms with van der Waals surface area (Å²) in [6, 6.07) is 18.0. The highest BCUT2D eigenvalue weighted by molar-refractivity contribution is 6.00. The number of hydrogen-bond acceptors (Lipinski definition) is 3. The highest BCUT2D eigenvalue weighted by atomic mass is 16.5. The van der Waals surface area contributed by atoms with Crippen LogP contribution in [0.15, 0.2) is 54.6 Å². The second-order valence-corrected chi connectivity index (χ2v) is 6.98. The van der Waals surface area contributed by atoms with Gasteiger partial charge in [-0.2, -0.15) is 0 Å². The van der Waals surface area contributed by atoms with E-state index in [0.717, 1.165) is 43.8 Å². The Kier molecular flexibility index (Phi) is 6.45. The van der Waals surface area contributed by atoms with Crippen molar-refractivity contribution in [1.82, 2.24) is 4.90 Å². The van der Waals surface area contributed by atoms with Gasteiger partial charge in [-0.05, 0) is 61.7 Å². The van der Waals surface area contributed by atoms with Crippen LogP contribution in [0, 0.1) is 5.92 Å². The molecule has 0 saturated heterocycles. The van der Waals surface area contributed by atoms with Crippen molar-refractivity contribution in [1.29, 1.82) is 0 Å². The Morgan fingerprint density at radius 1 is 1.04 bits per heavy atom. The third-order valence-electron chi connectivity index (χ3n) is 5.28. The van der Waals surface area contributed by atoms with Gasteiger partial charge in [-0.3, -0.25) is 4.79 Å². The Morgan fingerprint density at radius 2 is 1.73 bits per heavy atom. The average molecular weight is 351 g/mol. The summed E-state index contributed by atoms with van der Waals surface area (Å²) < 4.78 is 5.81. The van der Waals surface area contributed by atoms with E-state index in [2.05, 4.69) is 30.9 Å². The largest absolute Gasteiger partial charge is 0.494 e. The molecule has 3 heteroatoms. The van der Waals surface area contributed by atoms with E-state index in [9.17, 15) is 4.79 Å². The molecule has 26 heavy (non-hydrogen) atoms. The van der Waals surface area contributed by atoms with Crippen molar-refractivity contribution in [2.45, 2.75) is 32.6 Å². The monoisotopic (exact) mass is 351 g/mol. The first-order valence-corrected chi connectivity index (χ1v) is 9.77. The molecular weight excluding hydrogens is 322 g/mol. The number of ketones is 1. The Labute approximate surface area is 157 Å². The molecule has 1 fully saturated rings. The van der Waals surface area contributed by atoms with Crippen LogP contribution in [-0.4, -0.2) is 36.9 Å². The van der Waals surface area contributed by atoms with Crippen LogP contribution in [0.1, 0.15) is 48.5 Å². The fraction of sp³-hybridized carbons (Fsp3) is 0.435. The molecule has 0 aromatic heterocycles. The number of hydrogen-bond donors (Lipinski definition) is 0. The summed E-state index contributed by atoms with van der Waals surface area (Å²) in [7, 11) is 0. The second kappa shape index (κ2) is 9.00. The number of Topliss-reactive ketones (excluding diaryl/α,β-unsaturated/α-hetero) is 1. The molecule has 0 bridgehead atoms. The van der Waals surface area contributed by atoms with Crippen LogP contribution in [0.3, 0.4) is 0 Å². The molecule has 3 rings (SSSR count). The first-order chi connectivity index (χ1) is 12.7. The van der Waals surface area contributed by atoms with Crippen LogP contribution < -0.4 is 4.74 Å². The van der Waals surface area contributed by atoms with Crippen LogP contribution in [0.5, 0.6) is 5.75 Å². The lowest BCUT2D eigenvalue weighted by molar-refractivity contribution is 0.0965. The highest BCUT2D eigenvalue weighted by Gasteiger charge is 2.43. The van der Waals surface area contributed by atoms with Crippen LogP contribution in [-0.2, 0) is 0 Å². The first-order valence-electron chi connectivity index (χ1n) is 9.77. The molecule has 1 aliphatic rings. The molecule has 0 unspecified atom stereocenters. The summed E-state index contributed by atoms with van der Waals surface area (Å²) in [5.41, 5.74) is 2.07. The molecule has 0 amide bonds. The summed E-state index contributed by atoms with van der Waals surface area (Å²) in [4.78, 5) is 15.0. The molecule has 0 heterocycles. The Morgan fingerprint density at radius 3 is 2.38 bits per heavy atom. The second-order valence-electron chi connectivity index (χ2n) is 6.98. The fourth-order valence-electron chi connectivity index (χ4n) is 3.50. The maximum Gasteiger partial charge on any atom is 0.166 e. The molecule has 0 N–H and O–H groups in total. The van der Waals surface area contributed by atoms with Gasteiger partial charge in [0.2, 0.25) is 0 Å². The van der Waals surface area contributed by atoms with E-state index in [-0.39, 0.29) is 11.7 Å². The van der Waals surface area contributed by atoms with E-state index in [4.69, 9.17) is 4.74 Å². The van der Waals surface area contributed by atoms with E-state index < -0.39 is 0 Å². The van der Waals surface area contributed by atoms with Crippen LogP contribution >= 0.6 is 0 Å². The Hall–Kier alpha value is -2.13. The molecule has 0 radical (unpaired) electrons. The SMILES string of the molecule is CCN(CC)CCCOc1ccc(C(=O)[C@@H]2C[C@H]2c2ccccc2)cc1. The van der Waals surface area contributed by atoms with Crippen molar-refractivity contribution >= 4 is 5.78 Å². The molecular formula is C23H29NO2. The van der Waals surface area contributed by atoms with Crippen molar-refractivity contribution in [2.75, 3.05) is 26.2 Å². The minimum atomic E-state index is 0.137. The minimum Gasteiger partial charge on any atom is -0.494 e. The maximum absolute atomic E-state index is 12.7. The molecule has 1 aliphatic carbocycles. The molecule has 2 aromatic carbocycles. The quantitative estimate of drug-likeness (QED) is 0.455. The van der Waals surface area contributed by atoms with Gasteiger partial charge in [0.05, 0.1) is 6.61 Å². The van der Waals surface area contributed by atoms with E-state index in [0.29, 0.717) is 12.5 Å². The third kappa shape index (κ3) is 4.73. The predicted octanol–water partition coefficient (Wildman–Crippen LogP) is 4.78. The van der Waals surface area contributed by atoms with E-state index in [1.165, 1.54) is 5.56 Å². The normalized spacial score (nSPS) is 18.7. The predicted molar refractivity (Wildman–Crippen MR) is 106 cm³/mol. The van der Waals surface area contributed by atoms with Crippen molar-refractivity contribution in [2.24, 2.45) is 5.92 Å². The zero-order valence-corrected chi connectivity index (χ0v) is 15.9. The number of benzene rings is 2. The lowest BCUT2D eigenvalue weighted by atomic mass is 10.0. The first kappa shape index (κ1) is 18.7. The van der Waals surface area contributed by atoms with Crippen LogP contribution in [0.4, 0.5) is 0 Å². The zero-order chi connectivity index (χ0) is 18.4. The molecule has 138 valence electrons. The van der Waals surface area contributed by atoms with Crippen molar-refractivity contribution in [3.8, 4) is 5.75 Å². The Balaban J connectivity index is 1.46. The van der Waals surface area contributed by atoms with E-state index in [1.807, 2.05) is 42.5 Å². The fourth-order valence-corrected chi connectivity index (χ4v) is 3.50. The van der Waals surface area contributed by atoms with Gasteiger partial charge in [0.25, 0.3) is 0 Å². The number of rotatable bonds is 10. The molecule has 2 atom stereocenters. The Bertz CT molecular complexity index is 692. The van der Waals surface area contributed by atoms with Crippen molar-refractivity contribution in [3.05, 3.63) is 65.7 Å². The van der Waals surface area contributed by atoms with Crippen LogP contribution in [0.25, 0.3) is 0 Å². The van der Waals surface area contributed by atoms with Gasteiger partial charge in [0.1, 0.15) is 5.75 Å². The molecule has 2 aromatic rings. The summed E-state index contributed by atoms with van der Waals surface area (Å²) in [6.45, 7) is 8.30. The van der Waals surface area contributed by atoms with Gasteiger partial charge in [0.15, 0.2) is 5.78 Å². The average Bonchev–Trinajstić information content (AvgIpc) is 3.50. The van der Waals surface area contributed by atoms with E-state index >= 15 is 0 Å². The number of carbonyl (C=O) groups excluding carboxylic acids is 1. The van der Waals surface area contributed by atoms with Gasteiger partial charge in [-0.1, -0.05) is 44.2 Å².